The summed E-state index contributed by atoms with van der Waals surface area (Å²) >= 11 is 0. The largest absolute Gasteiger partial charge is 0.550 e. The number of aliphatic carboxylic acids is 2. The number of carbonyl (C=O) groups is 2. The van der Waals surface area contributed by atoms with E-state index in [9.17, 15) is 0 Å². The van der Waals surface area contributed by atoms with Crippen molar-refractivity contribution in [3.63, 3.8) is 0 Å². The minimum Gasteiger partial charge on any atom is -0.550 e. The quantitative estimate of drug-likeness (QED) is 0.350. The van der Waals surface area contributed by atoms with E-state index in [0.29, 0.717) is 0 Å². The van der Waals surface area contributed by atoms with E-state index < -0.39 is 11.9 Å². The highest BCUT2D eigenvalue weighted by molar-refractivity contribution is 5.60. The molecule has 0 aliphatic rings. The third-order valence-corrected chi connectivity index (χ3v) is 5.60. The van der Waals surface area contributed by atoms with Crippen molar-refractivity contribution in [1.29, 1.82) is 0 Å². The van der Waals surface area contributed by atoms with E-state index >= 15 is 0 Å². The minimum absolute atomic E-state index is 0.964. The van der Waals surface area contributed by atoms with Gasteiger partial charge in [0.15, 0.2) is 0 Å². The number of quaternary nitrogens is 2. The maximum atomic E-state index is 8.89. The van der Waals surface area contributed by atoms with Gasteiger partial charge in [-0.25, -0.2) is 0 Å². The normalized spacial score (nSPS) is 9.50. The zero-order valence-corrected chi connectivity index (χ0v) is 23.7. The molecule has 0 fully saturated rings. The summed E-state index contributed by atoms with van der Waals surface area (Å²) in [5.74, 6) is -2.17. The lowest BCUT2D eigenvalue weighted by molar-refractivity contribution is -0.367. The van der Waals surface area contributed by atoms with E-state index in [1.165, 1.54) is 33.4 Å². The fourth-order valence-electron chi connectivity index (χ4n) is 3.96. The van der Waals surface area contributed by atoms with Gasteiger partial charge < -0.3 is 31.3 Å². The number of hydrogen-bond acceptors (Lipinski definition) is 4. The van der Waals surface area contributed by atoms with Crippen molar-refractivity contribution in [3.8, 4) is 0 Å². The molecule has 212 valence electrons. The maximum Gasteiger partial charge on any atom is 0.0780 e. The van der Waals surface area contributed by atoms with Crippen molar-refractivity contribution < 1.29 is 31.3 Å². The van der Waals surface area contributed by atoms with Crippen molar-refractivity contribution >= 4 is 11.9 Å². The number of hydrogen-bond donors (Lipinski definition) is 2. The molecule has 0 aromatic heterocycles. The van der Waals surface area contributed by atoms with Crippen molar-refractivity contribution in [2.24, 2.45) is 0 Å². The van der Waals surface area contributed by atoms with Crippen LogP contribution < -0.4 is 21.7 Å². The average molecular weight is 543 g/mol. The lowest BCUT2D eigenvalue weighted by Gasteiger charge is -2.07. The van der Waals surface area contributed by atoms with Crippen LogP contribution in [0.5, 0.6) is 0 Å². The molecule has 0 saturated heterocycles. The summed E-state index contributed by atoms with van der Waals surface area (Å²) in [6, 6.07) is 38.6. The van der Waals surface area contributed by atoms with Crippen LogP contribution in [-0.4, -0.2) is 25.0 Å². The third kappa shape index (κ3) is 15.9. The Labute approximate surface area is 238 Å². The number of carboxylic acids is 2. The van der Waals surface area contributed by atoms with E-state index in [4.69, 9.17) is 19.8 Å². The van der Waals surface area contributed by atoms with Gasteiger partial charge in [0.1, 0.15) is 0 Å². The zero-order chi connectivity index (χ0) is 29.6. The fraction of sp³-hybridized carbons (Fsp3) is 0.235. The second-order valence-corrected chi connectivity index (χ2v) is 9.05. The highest BCUT2D eigenvalue weighted by Gasteiger charge is 2.03. The smallest absolute Gasteiger partial charge is 0.0780 e. The predicted molar refractivity (Wildman–Crippen MR) is 156 cm³/mol. The number of carbonyl (C=O) groups excluding carboxylic acids is 2. The molecule has 0 atom stereocenters. The fourth-order valence-corrected chi connectivity index (χ4v) is 3.96. The molecule has 6 nitrogen and oxygen atoms in total. The first-order valence-corrected chi connectivity index (χ1v) is 13.4. The molecule has 6 N–H and O–H groups in total. The van der Waals surface area contributed by atoms with E-state index in [0.717, 1.165) is 52.6 Å². The van der Waals surface area contributed by atoms with E-state index in [2.05, 4.69) is 121 Å². The van der Waals surface area contributed by atoms with Gasteiger partial charge in [-0.3, -0.25) is 0 Å². The van der Waals surface area contributed by atoms with E-state index in [-0.39, 0.29) is 0 Å². The molecule has 4 rings (SSSR count). The molecule has 0 aliphatic heterocycles. The van der Waals surface area contributed by atoms with E-state index in [1.807, 2.05) is 0 Å². The molecular formula is C34H42N2O4. The van der Waals surface area contributed by atoms with Crippen LogP contribution in [-0.2, 0) is 35.3 Å². The molecular weight excluding hydrogens is 500 g/mol. The van der Waals surface area contributed by atoms with Gasteiger partial charge in [0.2, 0.25) is 0 Å². The molecule has 0 aliphatic carbocycles. The second kappa shape index (κ2) is 20.7. The SMILES string of the molecule is CC(=O)[O-].CC(=O)[O-].[NH3+]CCc1ccccc1Cc1ccccc1.[NH3+]CCc1ccccc1Cc1ccccc1. The van der Waals surface area contributed by atoms with Crippen LogP contribution in [0.1, 0.15) is 47.2 Å². The highest BCUT2D eigenvalue weighted by Crippen LogP contribution is 2.15. The van der Waals surface area contributed by atoms with Crippen LogP contribution in [0.2, 0.25) is 0 Å². The summed E-state index contributed by atoms with van der Waals surface area (Å²) in [5.41, 5.74) is 16.3. The second-order valence-electron chi connectivity index (χ2n) is 9.05. The Bertz CT molecular complexity index is 1140. The Morgan fingerprint density at radius 2 is 0.750 bits per heavy atom. The van der Waals surface area contributed by atoms with Crippen molar-refractivity contribution in [1.82, 2.24) is 0 Å². The summed E-state index contributed by atoms with van der Waals surface area (Å²) in [5, 5.41) is 17.8. The summed E-state index contributed by atoms with van der Waals surface area (Å²) in [6.07, 6.45) is 4.19. The topological polar surface area (TPSA) is 136 Å². The molecule has 40 heavy (non-hydrogen) atoms. The van der Waals surface area contributed by atoms with Gasteiger partial charge in [-0.2, -0.15) is 0 Å². The van der Waals surface area contributed by atoms with Crippen molar-refractivity contribution in [3.05, 3.63) is 143 Å². The van der Waals surface area contributed by atoms with Crippen LogP contribution in [0.15, 0.2) is 109 Å². The van der Waals surface area contributed by atoms with Crippen LogP contribution in [0, 0.1) is 0 Å². The number of carboxylic acid groups (broad SMARTS) is 2. The van der Waals surface area contributed by atoms with Crippen LogP contribution in [0.25, 0.3) is 0 Å². The lowest BCUT2D eigenvalue weighted by atomic mass is 9.98. The molecule has 0 saturated carbocycles. The molecule has 0 bridgehead atoms. The Balaban J connectivity index is 0.000000317. The summed E-state index contributed by atoms with van der Waals surface area (Å²) in [6.45, 7) is 3.87. The van der Waals surface area contributed by atoms with Gasteiger partial charge in [-0.05, 0) is 60.1 Å². The Kier molecular flexibility index (Phi) is 17.5. The maximum absolute atomic E-state index is 8.89. The van der Waals surface area contributed by atoms with Gasteiger partial charge in [0.05, 0.1) is 13.1 Å². The standard InChI is InChI=1S/2C15H17N.2C2H4O2/c2*16-11-10-14-8-4-5-9-15(14)12-13-6-2-1-3-7-13;2*1-2(3)4/h2*1-9H,10-12,16H2;2*1H3,(H,3,4). The molecule has 0 amide bonds. The molecule has 6 heteroatoms. The highest BCUT2D eigenvalue weighted by atomic mass is 16.4. The molecule has 0 radical (unpaired) electrons. The van der Waals surface area contributed by atoms with Crippen molar-refractivity contribution in [2.45, 2.75) is 39.5 Å². The monoisotopic (exact) mass is 542 g/mol. The van der Waals surface area contributed by atoms with Crippen molar-refractivity contribution in [2.75, 3.05) is 13.1 Å². The first kappa shape index (κ1) is 33.8. The van der Waals surface area contributed by atoms with E-state index in [1.54, 1.807) is 0 Å². The first-order chi connectivity index (χ1) is 19.3. The summed E-state index contributed by atoms with van der Waals surface area (Å²) in [4.78, 5) is 17.8. The van der Waals surface area contributed by atoms with Crippen LogP contribution >= 0.6 is 0 Å². The van der Waals surface area contributed by atoms with Crippen LogP contribution in [0.4, 0.5) is 0 Å². The zero-order valence-electron chi connectivity index (χ0n) is 23.7. The lowest BCUT2D eigenvalue weighted by Crippen LogP contribution is -2.51. The molecule has 0 heterocycles. The number of rotatable bonds is 8. The Morgan fingerprint density at radius 3 is 1.02 bits per heavy atom. The third-order valence-electron chi connectivity index (χ3n) is 5.60. The van der Waals surface area contributed by atoms with Gasteiger partial charge in [-0.15, -0.1) is 0 Å². The van der Waals surface area contributed by atoms with Gasteiger partial charge in [-0.1, -0.05) is 109 Å². The molecule has 0 spiro atoms. The van der Waals surface area contributed by atoms with Gasteiger partial charge in [0, 0.05) is 24.8 Å². The van der Waals surface area contributed by atoms with Gasteiger partial charge in [0.25, 0.3) is 0 Å². The first-order valence-electron chi connectivity index (χ1n) is 13.4. The molecule has 4 aromatic carbocycles. The summed E-state index contributed by atoms with van der Waals surface area (Å²) in [7, 11) is 0. The molecule has 0 unspecified atom stereocenters. The Hall–Kier alpha value is -4.26. The van der Waals surface area contributed by atoms with Gasteiger partial charge >= 0.3 is 0 Å². The van der Waals surface area contributed by atoms with Crippen LogP contribution in [0.3, 0.4) is 0 Å². The minimum atomic E-state index is -1.08. The predicted octanol–water partition coefficient (Wildman–Crippen LogP) is 1.64. The molecule has 4 aromatic rings. The number of benzene rings is 4. The average Bonchev–Trinajstić information content (AvgIpc) is 2.92. The Morgan fingerprint density at radius 1 is 0.500 bits per heavy atom. The summed E-state index contributed by atoms with van der Waals surface area (Å²) < 4.78 is 0.